The molecule has 1 aliphatic carbocycles. The Morgan fingerprint density at radius 1 is 1.44 bits per heavy atom. The van der Waals surface area contributed by atoms with E-state index in [4.69, 9.17) is 4.74 Å². The van der Waals surface area contributed by atoms with Gasteiger partial charge in [-0.2, -0.15) is 0 Å². The Bertz CT molecular complexity index is 288. The first-order valence-electron chi connectivity index (χ1n) is 6.12. The van der Waals surface area contributed by atoms with Gasteiger partial charge in [0.25, 0.3) is 0 Å². The first-order valence-corrected chi connectivity index (χ1v) is 6.12. The average molecular weight is 222 g/mol. The van der Waals surface area contributed by atoms with Crippen molar-refractivity contribution < 1.29 is 9.53 Å². The molecule has 0 amide bonds. The SMILES string of the molecule is CC#CCCC(=O)C1(OC)CCC(C)CC1. The molecule has 0 aromatic heterocycles. The zero-order valence-corrected chi connectivity index (χ0v) is 10.6. The first kappa shape index (κ1) is 13.3. The van der Waals surface area contributed by atoms with Gasteiger partial charge in [0.05, 0.1) is 0 Å². The zero-order valence-electron chi connectivity index (χ0n) is 10.6. The fourth-order valence-corrected chi connectivity index (χ4v) is 2.35. The molecule has 0 aromatic rings. The number of Topliss-reactive ketones (excluding diaryl/α,β-unsaturated/α-hetero) is 1. The average Bonchev–Trinajstić information content (AvgIpc) is 2.31. The van der Waals surface area contributed by atoms with Crippen LogP contribution in [0.15, 0.2) is 0 Å². The molecule has 0 aliphatic heterocycles. The Labute approximate surface area is 98.8 Å². The number of ketones is 1. The molecule has 1 aliphatic rings. The standard InChI is InChI=1S/C14H22O2/c1-4-5-6-7-13(15)14(16-3)10-8-12(2)9-11-14/h12H,6-11H2,1-3H3. The van der Waals surface area contributed by atoms with Crippen molar-refractivity contribution in [2.45, 2.75) is 58.0 Å². The van der Waals surface area contributed by atoms with Crippen LogP contribution in [0.3, 0.4) is 0 Å². The van der Waals surface area contributed by atoms with E-state index in [1.165, 1.54) is 0 Å². The predicted octanol–water partition coefficient (Wildman–Crippen LogP) is 2.95. The molecule has 16 heavy (non-hydrogen) atoms. The summed E-state index contributed by atoms with van der Waals surface area (Å²) >= 11 is 0. The lowest BCUT2D eigenvalue weighted by Crippen LogP contribution is -2.43. The normalized spacial score (nSPS) is 29.3. The van der Waals surface area contributed by atoms with Gasteiger partial charge in [0.15, 0.2) is 5.78 Å². The van der Waals surface area contributed by atoms with Crippen LogP contribution in [-0.4, -0.2) is 18.5 Å². The van der Waals surface area contributed by atoms with Crippen LogP contribution in [0.2, 0.25) is 0 Å². The van der Waals surface area contributed by atoms with Gasteiger partial charge >= 0.3 is 0 Å². The summed E-state index contributed by atoms with van der Waals surface area (Å²) in [7, 11) is 1.67. The van der Waals surface area contributed by atoms with Crippen LogP contribution >= 0.6 is 0 Å². The molecular formula is C14H22O2. The molecule has 0 bridgehead atoms. The van der Waals surface area contributed by atoms with Crippen LogP contribution in [0.1, 0.15) is 52.4 Å². The smallest absolute Gasteiger partial charge is 0.165 e. The Balaban J connectivity index is 2.57. The summed E-state index contributed by atoms with van der Waals surface area (Å²) in [4.78, 5) is 12.1. The van der Waals surface area contributed by atoms with E-state index in [1.54, 1.807) is 14.0 Å². The van der Waals surface area contributed by atoms with Crippen LogP contribution in [0.25, 0.3) is 0 Å². The lowest BCUT2D eigenvalue weighted by Gasteiger charge is -2.36. The van der Waals surface area contributed by atoms with Gasteiger partial charge in [0.2, 0.25) is 0 Å². The summed E-state index contributed by atoms with van der Waals surface area (Å²) in [5, 5.41) is 0. The summed E-state index contributed by atoms with van der Waals surface area (Å²) < 4.78 is 5.52. The minimum atomic E-state index is -0.498. The highest BCUT2D eigenvalue weighted by molar-refractivity contribution is 5.87. The van der Waals surface area contributed by atoms with E-state index in [-0.39, 0.29) is 5.78 Å². The molecule has 90 valence electrons. The molecule has 0 spiro atoms. The van der Waals surface area contributed by atoms with E-state index in [0.29, 0.717) is 12.8 Å². The van der Waals surface area contributed by atoms with E-state index in [9.17, 15) is 4.79 Å². The number of carbonyl (C=O) groups is 1. The Kier molecular flexibility index (Phi) is 5.02. The van der Waals surface area contributed by atoms with E-state index < -0.39 is 5.60 Å². The molecule has 0 radical (unpaired) electrons. The van der Waals surface area contributed by atoms with Gasteiger partial charge in [-0.05, 0) is 38.5 Å². The number of carbonyl (C=O) groups excluding carboxylic acids is 1. The molecule has 0 aromatic carbocycles. The molecule has 2 nitrogen and oxygen atoms in total. The summed E-state index contributed by atoms with van der Waals surface area (Å²) in [5.74, 6) is 6.73. The fraction of sp³-hybridized carbons (Fsp3) is 0.786. The maximum Gasteiger partial charge on any atom is 0.165 e. The molecular weight excluding hydrogens is 200 g/mol. The second-order valence-electron chi connectivity index (χ2n) is 4.73. The van der Waals surface area contributed by atoms with Gasteiger partial charge in [-0.3, -0.25) is 4.79 Å². The highest BCUT2D eigenvalue weighted by atomic mass is 16.5. The maximum atomic E-state index is 12.1. The molecule has 1 saturated carbocycles. The van der Waals surface area contributed by atoms with E-state index >= 15 is 0 Å². The number of rotatable bonds is 4. The maximum absolute atomic E-state index is 12.1. The second kappa shape index (κ2) is 6.06. The largest absolute Gasteiger partial charge is 0.370 e. The lowest BCUT2D eigenvalue weighted by atomic mass is 9.76. The summed E-state index contributed by atoms with van der Waals surface area (Å²) in [6.45, 7) is 4.05. The van der Waals surface area contributed by atoms with Crippen molar-refractivity contribution >= 4 is 5.78 Å². The molecule has 0 heterocycles. The van der Waals surface area contributed by atoms with Crippen LogP contribution in [0.5, 0.6) is 0 Å². The molecule has 1 rings (SSSR count). The van der Waals surface area contributed by atoms with Crippen molar-refractivity contribution in [3.8, 4) is 11.8 Å². The van der Waals surface area contributed by atoms with E-state index in [0.717, 1.165) is 31.6 Å². The third-order valence-corrected chi connectivity index (χ3v) is 3.63. The molecule has 2 heteroatoms. The number of ether oxygens (including phenoxy) is 1. The quantitative estimate of drug-likeness (QED) is 0.684. The van der Waals surface area contributed by atoms with Crippen molar-refractivity contribution in [1.82, 2.24) is 0 Å². The summed E-state index contributed by atoms with van der Waals surface area (Å²) in [6.07, 6.45) is 5.14. The summed E-state index contributed by atoms with van der Waals surface area (Å²) in [5.41, 5.74) is -0.498. The van der Waals surface area contributed by atoms with Crippen LogP contribution < -0.4 is 0 Å². The number of methoxy groups -OCH3 is 1. The molecule has 0 saturated heterocycles. The minimum Gasteiger partial charge on any atom is -0.370 e. The Hall–Kier alpha value is -0.810. The molecule has 0 atom stereocenters. The number of hydrogen-bond acceptors (Lipinski definition) is 2. The van der Waals surface area contributed by atoms with Crippen molar-refractivity contribution in [2.24, 2.45) is 5.92 Å². The van der Waals surface area contributed by atoms with Crippen molar-refractivity contribution in [3.05, 3.63) is 0 Å². The van der Waals surface area contributed by atoms with Crippen molar-refractivity contribution in [3.63, 3.8) is 0 Å². The Morgan fingerprint density at radius 3 is 2.56 bits per heavy atom. The topological polar surface area (TPSA) is 26.3 Å². The number of hydrogen-bond donors (Lipinski definition) is 0. The lowest BCUT2D eigenvalue weighted by molar-refractivity contribution is -0.146. The third kappa shape index (κ3) is 3.09. The third-order valence-electron chi connectivity index (χ3n) is 3.63. The molecule has 0 N–H and O–H groups in total. The highest BCUT2D eigenvalue weighted by Crippen LogP contribution is 2.35. The van der Waals surface area contributed by atoms with Gasteiger partial charge < -0.3 is 4.74 Å². The molecule has 0 unspecified atom stereocenters. The van der Waals surface area contributed by atoms with Gasteiger partial charge in [-0.15, -0.1) is 11.8 Å². The zero-order chi connectivity index (χ0) is 12.0. The predicted molar refractivity (Wildman–Crippen MR) is 65.1 cm³/mol. The second-order valence-corrected chi connectivity index (χ2v) is 4.73. The van der Waals surface area contributed by atoms with Crippen LogP contribution in [-0.2, 0) is 9.53 Å². The molecule has 1 fully saturated rings. The Morgan fingerprint density at radius 2 is 2.06 bits per heavy atom. The van der Waals surface area contributed by atoms with Crippen molar-refractivity contribution in [2.75, 3.05) is 7.11 Å². The van der Waals surface area contributed by atoms with Gasteiger partial charge in [-0.25, -0.2) is 0 Å². The first-order chi connectivity index (χ1) is 7.64. The van der Waals surface area contributed by atoms with Gasteiger partial charge in [0.1, 0.15) is 5.60 Å². The monoisotopic (exact) mass is 222 g/mol. The van der Waals surface area contributed by atoms with Crippen LogP contribution in [0.4, 0.5) is 0 Å². The minimum absolute atomic E-state index is 0.240. The van der Waals surface area contributed by atoms with E-state index in [1.807, 2.05) is 0 Å². The highest BCUT2D eigenvalue weighted by Gasteiger charge is 2.40. The van der Waals surface area contributed by atoms with Gasteiger partial charge in [-0.1, -0.05) is 6.92 Å². The van der Waals surface area contributed by atoms with E-state index in [2.05, 4.69) is 18.8 Å². The fourth-order valence-electron chi connectivity index (χ4n) is 2.35. The van der Waals surface area contributed by atoms with Crippen LogP contribution in [0, 0.1) is 17.8 Å². The van der Waals surface area contributed by atoms with Crippen molar-refractivity contribution in [1.29, 1.82) is 0 Å². The van der Waals surface area contributed by atoms with Gasteiger partial charge in [0, 0.05) is 20.0 Å². The summed E-state index contributed by atoms with van der Waals surface area (Å²) in [6, 6.07) is 0.